The standard InChI is InChI=1S/C23H31N3O5/c1-21(2,3)30-20(27)26-12-10-23(11-13-26)19(29-22(4,5)31-23)15-8-7-9-16-18(15)25-17(28-6)14-24-16/h7-9,14,19H,10-13H2,1-6H3. The molecule has 31 heavy (non-hydrogen) atoms. The van der Waals surface area contributed by atoms with Crippen LogP contribution in [0.2, 0.25) is 0 Å². The molecule has 2 aromatic rings. The summed E-state index contributed by atoms with van der Waals surface area (Å²) in [6.07, 6.45) is 2.24. The zero-order valence-corrected chi connectivity index (χ0v) is 19.1. The predicted molar refractivity (Wildman–Crippen MR) is 115 cm³/mol. The molecule has 0 saturated carbocycles. The number of rotatable bonds is 2. The Bertz CT molecular complexity index is 977. The van der Waals surface area contributed by atoms with Crippen LogP contribution >= 0.6 is 0 Å². The first-order valence-corrected chi connectivity index (χ1v) is 10.7. The molecule has 0 aliphatic carbocycles. The molecule has 8 nitrogen and oxygen atoms in total. The van der Waals surface area contributed by atoms with Gasteiger partial charge in [-0.15, -0.1) is 0 Å². The van der Waals surface area contributed by atoms with E-state index in [1.165, 1.54) is 0 Å². The Kier molecular flexibility index (Phi) is 5.34. The highest BCUT2D eigenvalue weighted by Crippen LogP contribution is 2.51. The van der Waals surface area contributed by atoms with E-state index in [0.29, 0.717) is 31.8 Å². The minimum atomic E-state index is -0.757. The van der Waals surface area contributed by atoms with Crippen molar-refractivity contribution < 1.29 is 23.7 Å². The van der Waals surface area contributed by atoms with Gasteiger partial charge < -0.3 is 23.8 Å². The van der Waals surface area contributed by atoms with Gasteiger partial charge in [-0.25, -0.2) is 14.8 Å². The monoisotopic (exact) mass is 429 g/mol. The van der Waals surface area contributed by atoms with Gasteiger partial charge in [0, 0.05) is 18.7 Å². The molecule has 2 aliphatic rings. The van der Waals surface area contributed by atoms with Gasteiger partial charge >= 0.3 is 6.09 Å². The van der Waals surface area contributed by atoms with E-state index in [2.05, 4.69) is 9.97 Å². The molecule has 8 heteroatoms. The second-order valence-corrected chi connectivity index (χ2v) is 9.66. The normalized spacial score (nSPS) is 22.6. The van der Waals surface area contributed by atoms with Gasteiger partial charge in [0.2, 0.25) is 5.88 Å². The summed E-state index contributed by atoms with van der Waals surface area (Å²) in [6, 6.07) is 5.88. The minimum absolute atomic E-state index is 0.294. The van der Waals surface area contributed by atoms with Crippen molar-refractivity contribution in [3.63, 3.8) is 0 Å². The first-order chi connectivity index (χ1) is 14.5. The van der Waals surface area contributed by atoms with Crippen molar-refractivity contribution in [1.29, 1.82) is 0 Å². The molecular weight excluding hydrogens is 398 g/mol. The Morgan fingerprint density at radius 2 is 1.94 bits per heavy atom. The number of hydrogen-bond acceptors (Lipinski definition) is 7. The van der Waals surface area contributed by atoms with Crippen molar-refractivity contribution in [3.05, 3.63) is 30.0 Å². The smallest absolute Gasteiger partial charge is 0.410 e. The number of benzene rings is 1. The van der Waals surface area contributed by atoms with Crippen molar-refractivity contribution in [2.75, 3.05) is 20.2 Å². The van der Waals surface area contributed by atoms with E-state index >= 15 is 0 Å². The maximum Gasteiger partial charge on any atom is 0.410 e. The summed E-state index contributed by atoms with van der Waals surface area (Å²) in [5.41, 5.74) is 1.33. The molecule has 1 spiro atoms. The number of nitrogens with zero attached hydrogens (tertiary/aromatic N) is 3. The highest BCUT2D eigenvalue weighted by atomic mass is 16.8. The summed E-state index contributed by atoms with van der Waals surface area (Å²) in [7, 11) is 1.57. The third-order valence-corrected chi connectivity index (χ3v) is 5.66. The van der Waals surface area contributed by atoms with Crippen LogP contribution in [0, 0.1) is 0 Å². The van der Waals surface area contributed by atoms with Gasteiger partial charge in [-0.2, -0.15) is 0 Å². The molecule has 3 heterocycles. The summed E-state index contributed by atoms with van der Waals surface area (Å²) < 4.78 is 23.8. The number of piperidine rings is 1. The Morgan fingerprint density at radius 3 is 2.58 bits per heavy atom. The van der Waals surface area contributed by atoms with Crippen molar-refractivity contribution in [2.45, 2.75) is 70.6 Å². The van der Waals surface area contributed by atoms with E-state index in [4.69, 9.17) is 18.9 Å². The highest BCUT2D eigenvalue weighted by Gasteiger charge is 2.55. The summed E-state index contributed by atoms with van der Waals surface area (Å²) in [4.78, 5) is 23.4. The quantitative estimate of drug-likeness (QED) is 0.706. The van der Waals surface area contributed by atoms with Crippen LogP contribution in [-0.2, 0) is 14.2 Å². The summed E-state index contributed by atoms with van der Waals surface area (Å²) >= 11 is 0. The lowest BCUT2D eigenvalue weighted by Gasteiger charge is -2.41. The molecule has 1 unspecified atom stereocenters. The van der Waals surface area contributed by atoms with Gasteiger partial charge in [0.1, 0.15) is 17.3 Å². The summed E-state index contributed by atoms with van der Waals surface area (Å²) in [6.45, 7) is 10.5. The van der Waals surface area contributed by atoms with Crippen LogP contribution in [0.15, 0.2) is 24.4 Å². The van der Waals surface area contributed by atoms with Crippen molar-refractivity contribution >= 4 is 17.1 Å². The number of carbonyl (C=O) groups excluding carboxylic acids is 1. The number of para-hydroxylation sites is 1. The predicted octanol–water partition coefficient (Wildman–Crippen LogP) is 4.23. The molecule has 0 radical (unpaired) electrons. The SMILES string of the molecule is COc1cnc2cccc(C3OC(C)(C)OC34CCN(C(=O)OC(C)(C)C)CC4)c2n1. The Hall–Kier alpha value is -2.45. The zero-order chi connectivity index (χ0) is 22.4. The Balaban J connectivity index is 1.65. The number of amides is 1. The van der Waals surface area contributed by atoms with Crippen molar-refractivity contribution in [2.24, 2.45) is 0 Å². The maximum atomic E-state index is 12.5. The number of aromatic nitrogens is 2. The Labute approximate surface area is 182 Å². The van der Waals surface area contributed by atoms with Crippen LogP contribution in [0.25, 0.3) is 11.0 Å². The van der Waals surface area contributed by atoms with Crippen LogP contribution in [0.4, 0.5) is 4.79 Å². The fourth-order valence-electron chi connectivity index (χ4n) is 4.41. The molecule has 4 rings (SSSR count). The van der Waals surface area contributed by atoms with Crippen molar-refractivity contribution in [1.82, 2.24) is 14.9 Å². The molecule has 2 fully saturated rings. The molecule has 1 aromatic heterocycles. The molecule has 2 aliphatic heterocycles. The molecule has 168 valence electrons. The average Bonchev–Trinajstić information content (AvgIpc) is 2.96. The van der Waals surface area contributed by atoms with Crippen LogP contribution < -0.4 is 4.74 Å². The zero-order valence-electron chi connectivity index (χ0n) is 19.1. The van der Waals surface area contributed by atoms with Gasteiger partial charge in [0.25, 0.3) is 0 Å². The lowest BCUT2D eigenvalue weighted by Crippen LogP contribution is -2.50. The second-order valence-electron chi connectivity index (χ2n) is 9.66. The number of carbonyl (C=O) groups is 1. The van der Waals surface area contributed by atoms with E-state index in [1.54, 1.807) is 18.2 Å². The number of hydrogen-bond donors (Lipinski definition) is 0. The molecule has 1 amide bonds. The lowest BCUT2D eigenvalue weighted by molar-refractivity contribution is -0.170. The number of likely N-dealkylation sites (tertiary alicyclic amines) is 1. The highest BCUT2D eigenvalue weighted by molar-refractivity contribution is 5.79. The number of methoxy groups -OCH3 is 1. The van der Waals surface area contributed by atoms with Crippen LogP contribution in [0.5, 0.6) is 5.88 Å². The largest absolute Gasteiger partial charge is 0.480 e. The van der Waals surface area contributed by atoms with Gasteiger partial charge in [-0.1, -0.05) is 12.1 Å². The summed E-state index contributed by atoms with van der Waals surface area (Å²) in [5, 5.41) is 0. The topological polar surface area (TPSA) is 83.0 Å². The maximum absolute atomic E-state index is 12.5. The van der Waals surface area contributed by atoms with Crippen molar-refractivity contribution in [3.8, 4) is 5.88 Å². The van der Waals surface area contributed by atoms with Gasteiger partial charge in [0.15, 0.2) is 5.79 Å². The average molecular weight is 430 g/mol. The van der Waals surface area contributed by atoms with E-state index in [1.807, 2.05) is 52.8 Å². The third kappa shape index (κ3) is 4.32. The van der Waals surface area contributed by atoms with Crippen LogP contribution in [0.1, 0.15) is 59.1 Å². The minimum Gasteiger partial charge on any atom is -0.480 e. The second kappa shape index (κ2) is 7.60. The summed E-state index contributed by atoms with van der Waals surface area (Å²) in [5.74, 6) is -0.306. The van der Waals surface area contributed by atoms with Crippen LogP contribution in [-0.4, -0.2) is 58.1 Å². The number of ether oxygens (including phenoxy) is 4. The fraction of sp³-hybridized carbons (Fsp3) is 0.609. The molecule has 0 N–H and O–H groups in total. The van der Waals surface area contributed by atoms with E-state index in [-0.39, 0.29) is 12.2 Å². The lowest BCUT2D eigenvalue weighted by atomic mass is 9.82. The molecule has 1 atom stereocenters. The third-order valence-electron chi connectivity index (χ3n) is 5.66. The van der Waals surface area contributed by atoms with Crippen LogP contribution in [0.3, 0.4) is 0 Å². The Morgan fingerprint density at radius 1 is 1.23 bits per heavy atom. The van der Waals surface area contributed by atoms with Gasteiger partial charge in [-0.3, -0.25) is 0 Å². The van der Waals surface area contributed by atoms with E-state index < -0.39 is 17.0 Å². The number of fused-ring (bicyclic) bond motifs is 1. The van der Waals surface area contributed by atoms with Gasteiger partial charge in [0.05, 0.1) is 24.3 Å². The molecule has 0 bridgehead atoms. The van der Waals surface area contributed by atoms with Gasteiger partial charge in [-0.05, 0) is 53.5 Å². The first kappa shape index (κ1) is 21.8. The molecule has 2 saturated heterocycles. The van der Waals surface area contributed by atoms with E-state index in [0.717, 1.165) is 16.6 Å². The molecule has 1 aromatic carbocycles. The fourth-order valence-corrected chi connectivity index (χ4v) is 4.41. The first-order valence-electron chi connectivity index (χ1n) is 10.7. The molecular formula is C23H31N3O5. The van der Waals surface area contributed by atoms with E-state index in [9.17, 15) is 4.79 Å².